The Morgan fingerprint density at radius 1 is 0.750 bits per heavy atom. The molecule has 0 aliphatic heterocycles. The number of ketones is 1. The summed E-state index contributed by atoms with van der Waals surface area (Å²) in [5.74, 6) is -0.0294. The maximum atomic E-state index is 12.9. The van der Waals surface area contributed by atoms with Gasteiger partial charge in [0.1, 0.15) is 0 Å². The second kappa shape index (κ2) is 10.2. The highest BCUT2D eigenvalue weighted by molar-refractivity contribution is 5.86. The lowest BCUT2D eigenvalue weighted by Gasteiger charge is -2.31. The Labute approximate surface area is 166 Å². The average molecular weight is 368 g/mol. The molecule has 3 aromatic carbocycles. The molecule has 0 N–H and O–H groups in total. The lowest BCUT2D eigenvalue weighted by atomic mass is 9.98. The summed E-state index contributed by atoms with van der Waals surface area (Å²) in [7, 11) is 0. The van der Waals surface area contributed by atoms with E-state index in [-0.39, 0.29) is 18.2 Å². The third-order valence-corrected chi connectivity index (χ3v) is 4.79. The predicted octanol–water partition coefficient (Wildman–Crippen LogP) is 4.78. The first kappa shape index (κ1) is 19.5. The molecule has 1 unspecified atom stereocenters. The van der Waals surface area contributed by atoms with E-state index >= 15 is 0 Å². The van der Waals surface area contributed by atoms with Gasteiger partial charge in [0.15, 0.2) is 5.78 Å². The van der Waals surface area contributed by atoms with E-state index in [0.717, 1.165) is 16.7 Å². The van der Waals surface area contributed by atoms with Crippen LogP contribution in [0.1, 0.15) is 23.1 Å². The number of carbonyl (C=O) groups is 1. The van der Waals surface area contributed by atoms with Crippen molar-refractivity contribution in [3.63, 3.8) is 0 Å². The smallest absolute Gasteiger partial charge is 0.164 e. The number of carbonyl (C=O) groups excluding carboxylic acids is 1. The predicted molar refractivity (Wildman–Crippen MR) is 111 cm³/mol. The molecule has 0 saturated heterocycles. The Balaban J connectivity index is 1.91. The second-order valence-electron chi connectivity index (χ2n) is 6.88. The Bertz CT molecular complexity index is 860. The third-order valence-electron chi connectivity index (χ3n) is 4.79. The molecule has 0 spiro atoms. The maximum absolute atomic E-state index is 12.9. The number of benzene rings is 3. The largest absolute Gasteiger partial charge is 0.297 e. The molecule has 3 nitrogen and oxygen atoms in total. The molecule has 0 heterocycles. The Morgan fingerprint density at radius 2 is 1.18 bits per heavy atom. The van der Waals surface area contributed by atoms with E-state index in [1.165, 1.54) is 0 Å². The summed E-state index contributed by atoms with van der Waals surface area (Å²) in [6.45, 7) is 1.31. The zero-order valence-electron chi connectivity index (χ0n) is 15.9. The van der Waals surface area contributed by atoms with Crippen molar-refractivity contribution in [2.24, 2.45) is 0 Å². The molecule has 1 atom stereocenters. The summed E-state index contributed by atoms with van der Waals surface area (Å²) in [5, 5.41) is 9.12. The molecule has 3 heteroatoms. The van der Waals surface area contributed by atoms with Gasteiger partial charge in [-0.2, -0.15) is 5.26 Å². The van der Waals surface area contributed by atoms with Crippen LogP contribution in [-0.4, -0.2) is 16.7 Å². The lowest BCUT2D eigenvalue weighted by molar-refractivity contribution is -0.123. The zero-order chi connectivity index (χ0) is 19.6. The van der Waals surface area contributed by atoms with Gasteiger partial charge in [-0.1, -0.05) is 91.0 Å². The minimum absolute atomic E-state index is 0.0294. The monoisotopic (exact) mass is 368 g/mol. The van der Waals surface area contributed by atoms with Crippen LogP contribution in [0, 0.1) is 11.3 Å². The fourth-order valence-corrected chi connectivity index (χ4v) is 3.39. The van der Waals surface area contributed by atoms with E-state index in [0.29, 0.717) is 19.5 Å². The normalized spacial score (nSPS) is 11.7. The number of Topliss-reactive ketones (excluding diaryl/α,β-unsaturated/α-hetero) is 1. The van der Waals surface area contributed by atoms with E-state index in [1.54, 1.807) is 0 Å². The highest BCUT2D eigenvalue weighted by Crippen LogP contribution is 2.18. The van der Waals surface area contributed by atoms with Crippen molar-refractivity contribution < 1.29 is 4.79 Å². The Kier molecular flexibility index (Phi) is 7.12. The number of hydrogen-bond donors (Lipinski definition) is 0. The van der Waals surface area contributed by atoms with Crippen LogP contribution in [0.2, 0.25) is 0 Å². The van der Waals surface area contributed by atoms with Gasteiger partial charge < -0.3 is 0 Å². The first-order valence-electron chi connectivity index (χ1n) is 9.52. The molecule has 0 amide bonds. The van der Waals surface area contributed by atoms with Crippen LogP contribution in [0.4, 0.5) is 0 Å². The van der Waals surface area contributed by atoms with Crippen LogP contribution in [0.15, 0.2) is 91.0 Å². The van der Waals surface area contributed by atoms with Crippen LogP contribution >= 0.6 is 0 Å². The summed E-state index contributed by atoms with van der Waals surface area (Å²) in [6, 6.07) is 32.1. The minimum atomic E-state index is -0.345. The van der Waals surface area contributed by atoms with E-state index in [2.05, 4.69) is 29.2 Å². The van der Waals surface area contributed by atoms with Crippen LogP contribution in [-0.2, 0) is 24.3 Å². The van der Waals surface area contributed by atoms with Gasteiger partial charge in [0.2, 0.25) is 0 Å². The second-order valence-corrected chi connectivity index (χ2v) is 6.88. The van der Waals surface area contributed by atoms with Crippen molar-refractivity contribution in [3.05, 3.63) is 108 Å². The van der Waals surface area contributed by atoms with Gasteiger partial charge in [-0.05, 0) is 23.1 Å². The molecular weight excluding hydrogens is 344 g/mol. The van der Waals surface area contributed by atoms with E-state index < -0.39 is 0 Å². The molecule has 0 aromatic heterocycles. The van der Waals surface area contributed by atoms with Crippen LogP contribution in [0.3, 0.4) is 0 Å². The van der Waals surface area contributed by atoms with Gasteiger partial charge in [0.05, 0.1) is 18.5 Å². The van der Waals surface area contributed by atoms with Crippen molar-refractivity contribution in [1.29, 1.82) is 5.26 Å². The van der Waals surface area contributed by atoms with Crippen molar-refractivity contribution >= 4 is 5.78 Å². The quantitative estimate of drug-likeness (QED) is 0.546. The van der Waals surface area contributed by atoms with Crippen molar-refractivity contribution in [1.82, 2.24) is 4.90 Å². The molecule has 0 bridgehead atoms. The van der Waals surface area contributed by atoms with E-state index in [9.17, 15) is 4.79 Å². The van der Waals surface area contributed by atoms with Gasteiger partial charge >= 0.3 is 0 Å². The Hall–Kier alpha value is -3.22. The SMILES string of the molecule is N#CCC(=O)C(Cc1ccccc1)N(Cc1ccccc1)Cc1ccccc1. The summed E-state index contributed by atoms with van der Waals surface area (Å²) < 4.78 is 0. The standard InChI is InChI=1S/C25H24N2O/c26-17-16-25(28)24(18-21-10-4-1-5-11-21)27(19-22-12-6-2-7-13-22)20-23-14-8-3-9-15-23/h1-15,24H,16,18-20H2. The van der Waals surface area contributed by atoms with Gasteiger partial charge in [-0.15, -0.1) is 0 Å². The van der Waals surface area contributed by atoms with Crippen molar-refractivity contribution in [2.75, 3.05) is 0 Å². The van der Waals surface area contributed by atoms with Crippen molar-refractivity contribution in [3.8, 4) is 6.07 Å². The van der Waals surface area contributed by atoms with Crippen LogP contribution < -0.4 is 0 Å². The number of rotatable bonds is 9. The van der Waals surface area contributed by atoms with E-state index in [4.69, 9.17) is 5.26 Å². The number of nitriles is 1. The molecule has 0 saturated carbocycles. The Morgan fingerprint density at radius 3 is 1.61 bits per heavy atom. The average Bonchev–Trinajstić information content (AvgIpc) is 2.74. The fraction of sp³-hybridized carbons (Fsp3) is 0.200. The molecular formula is C25H24N2O. The first-order valence-corrected chi connectivity index (χ1v) is 9.52. The van der Waals surface area contributed by atoms with Crippen LogP contribution in [0.25, 0.3) is 0 Å². The fourth-order valence-electron chi connectivity index (χ4n) is 3.39. The molecule has 0 aliphatic rings. The third kappa shape index (κ3) is 5.64. The topological polar surface area (TPSA) is 44.1 Å². The molecule has 28 heavy (non-hydrogen) atoms. The summed E-state index contributed by atoms with van der Waals surface area (Å²) in [4.78, 5) is 15.1. The lowest BCUT2D eigenvalue weighted by Crippen LogP contribution is -2.42. The van der Waals surface area contributed by atoms with Gasteiger partial charge in [-0.3, -0.25) is 9.69 Å². The minimum Gasteiger partial charge on any atom is -0.297 e. The zero-order valence-corrected chi connectivity index (χ0v) is 15.9. The number of nitrogens with zero attached hydrogens (tertiary/aromatic N) is 2. The molecule has 3 rings (SSSR count). The first-order chi connectivity index (χ1) is 13.8. The van der Waals surface area contributed by atoms with E-state index in [1.807, 2.05) is 72.8 Å². The van der Waals surface area contributed by atoms with Gasteiger partial charge in [0.25, 0.3) is 0 Å². The summed E-state index contributed by atoms with van der Waals surface area (Å²) in [6.07, 6.45) is 0.526. The molecule has 0 fully saturated rings. The summed E-state index contributed by atoms with van der Waals surface area (Å²) in [5.41, 5.74) is 3.41. The molecule has 3 aromatic rings. The molecule has 0 radical (unpaired) electrons. The summed E-state index contributed by atoms with van der Waals surface area (Å²) >= 11 is 0. The number of hydrogen-bond acceptors (Lipinski definition) is 3. The molecule has 140 valence electrons. The molecule has 0 aliphatic carbocycles. The van der Waals surface area contributed by atoms with Crippen LogP contribution in [0.5, 0.6) is 0 Å². The van der Waals surface area contributed by atoms with Gasteiger partial charge in [0, 0.05) is 13.1 Å². The maximum Gasteiger partial charge on any atom is 0.164 e. The highest BCUT2D eigenvalue weighted by Gasteiger charge is 2.26. The van der Waals surface area contributed by atoms with Crippen molar-refractivity contribution in [2.45, 2.75) is 32.0 Å². The highest BCUT2D eigenvalue weighted by atomic mass is 16.1. The van der Waals surface area contributed by atoms with Gasteiger partial charge in [-0.25, -0.2) is 0 Å².